The molecule has 0 aliphatic rings. The number of ether oxygens (including phenoxy) is 1. The van der Waals surface area contributed by atoms with E-state index in [0.717, 1.165) is 28.4 Å². The maximum absolute atomic E-state index is 5.67. The average molecular weight is 353 g/mol. The number of benzene rings is 1. The van der Waals surface area contributed by atoms with E-state index in [-0.39, 0.29) is 6.04 Å². The number of anilines is 1. The minimum Gasteiger partial charge on any atom is -0.492 e. The Morgan fingerprint density at radius 3 is 2.48 bits per heavy atom. The first-order valence-electron chi connectivity index (χ1n) is 6.94. The lowest BCUT2D eigenvalue weighted by molar-refractivity contribution is 0.261. The molecule has 4 nitrogen and oxygen atoms in total. The first kappa shape index (κ1) is 15.9. The van der Waals surface area contributed by atoms with Crippen LogP contribution in [-0.4, -0.2) is 32.1 Å². The van der Waals surface area contributed by atoms with Crippen LogP contribution in [0.2, 0.25) is 0 Å². The molecule has 5 heteroatoms. The number of furan rings is 1. The number of hydrogen-bond donors (Lipinski definition) is 1. The zero-order valence-electron chi connectivity index (χ0n) is 12.6. The fraction of sp³-hybridized carbons (Fsp3) is 0.375. The third kappa shape index (κ3) is 5.10. The van der Waals surface area contributed by atoms with Gasteiger partial charge in [0.25, 0.3) is 0 Å². The van der Waals surface area contributed by atoms with Gasteiger partial charge in [-0.15, -0.1) is 0 Å². The molecular weight excluding hydrogens is 332 g/mol. The molecule has 1 N–H and O–H groups in total. The molecule has 0 amide bonds. The van der Waals surface area contributed by atoms with E-state index in [9.17, 15) is 0 Å². The normalized spacial score (nSPS) is 12.4. The van der Waals surface area contributed by atoms with E-state index >= 15 is 0 Å². The quantitative estimate of drug-likeness (QED) is 0.811. The van der Waals surface area contributed by atoms with Gasteiger partial charge in [0, 0.05) is 12.2 Å². The molecule has 0 bridgehead atoms. The molecule has 21 heavy (non-hydrogen) atoms. The monoisotopic (exact) mass is 352 g/mol. The highest BCUT2D eigenvalue weighted by Gasteiger charge is 2.09. The molecule has 0 spiro atoms. The zero-order chi connectivity index (χ0) is 15.2. The number of hydrogen-bond acceptors (Lipinski definition) is 4. The van der Waals surface area contributed by atoms with Crippen molar-refractivity contribution in [1.82, 2.24) is 4.90 Å². The van der Waals surface area contributed by atoms with Gasteiger partial charge in [-0.25, -0.2) is 0 Å². The molecule has 1 aromatic carbocycles. The van der Waals surface area contributed by atoms with Crippen LogP contribution < -0.4 is 10.1 Å². The van der Waals surface area contributed by atoms with Gasteiger partial charge >= 0.3 is 0 Å². The van der Waals surface area contributed by atoms with Crippen molar-refractivity contribution in [2.75, 3.05) is 32.6 Å². The Labute approximate surface area is 134 Å². The minimum atomic E-state index is 0.108. The van der Waals surface area contributed by atoms with Gasteiger partial charge in [-0.1, -0.05) is 0 Å². The summed E-state index contributed by atoms with van der Waals surface area (Å²) in [4.78, 5) is 2.10. The number of nitrogens with one attached hydrogen (secondary N) is 1. The first-order valence-corrected chi connectivity index (χ1v) is 7.73. The molecule has 0 fully saturated rings. The Hall–Kier alpha value is -1.46. The van der Waals surface area contributed by atoms with Crippen LogP contribution in [0.5, 0.6) is 5.75 Å². The molecule has 0 saturated carbocycles. The van der Waals surface area contributed by atoms with Crippen molar-refractivity contribution in [1.29, 1.82) is 0 Å². The van der Waals surface area contributed by atoms with Crippen molar-refractivity contribution in [2.24, 2.45) is 0 Å². The van der Waals surface area contributed by atoms with E-state index in [1.807, 2.05) is 50.5 Å². The molecular formula is C16H21BrN2O2. The van der Waals surface area contributed by atoms with Gasteiger partial charge in [-0.05, 0) is 73.3 Å². The van der Waals surface area contributed by atoms with Crippen LogP contribution >= 0.6 is 15.9 Å². The van der Waals surface area contributed by atoms with Crippen LogP contribution in [0.3, 0.4) is 0 Å². The molecule has 1 atom stereocenters. The molecule has 2 aromatic rings. The van der Waals surface area contributed by atoms with Crippen LogP contribution in [0.15, 0.2) is 45.5 Å². The van der Waals surface area contributed by atoms with Gasteiger partial charge in [0.15, 0.2) is 4.67 Å². The van der Waals surface area contributed by atoms with E-state index in [2.05, 4.69) is 33.1 Å². The average Bonchev–Trinajstić information content (AvgIpc) is 2.87. The lowest BCUT2D eigenvalue weighted by atomic mass is 10.2. The van der Waals surface area contributed by atoms with Crippen molar-refractivity contribution in [3.05, 3.63) is 46.8 Å². The molecule has 0 saturated heterocycles. The zero-order valence-corrected chi connectivity index (χ0v) is 14.2. The van der Waals surface area contributed by atoms with Crippen LogP contribution in [0, 0.1) is 0 Å². The van der Waals surface area contributed by atoms with Crippen molar-refractivity contribution >= 4 is 21.6 Å². The summed E-state index contributed by atoms with van der Waals surface area (Å²) in [5.41, 5.74) is 1.04. The standard InChI is InChI=1S/C16H21BrN2O2/c1-12(15-8-9-16(17)21-15)18-13-4-6-14(7-5-13)20-11-10-19(2)3/h4-9,12,18H,10-11H2,1-3H3. The summed E-state index contributed by atoms with van der Waals surface area (Å²) in [7, 11) is 4.06. The van der Waals surface area contributed by atoms with Crippen molar-refractivity contribution in [3.8, 4) is 5.75 Å². The Kier molecular flexibility index (Phi) is 5.70. The Morgan fingerprint density at radius 2 is 1.90 bits per heavy atom. The van der Waals surface area contributed by atoms with Crippen molar-refractivity contribution in [3.63, 3.8) is 0 Å². The molecule has 0 aliphatic heterocycles. The molecule has 1 unspecified atom stereocenters. The highest BCUT2D eigenvalue weighted by Crippen LogP contribution is 2.24. The molecule has 114 valence electrons. The van der Waals surface area contributed by atoms with E-state index in [1.54, 1.807) is 0 Å². The molecule has 0 radical (unpaired) electrons. The molecule has 2 rings (SSSR count). The number of halogens is 1. The van der Waals surface area contributed by atoms with Gasteiger partial charge in [0.05, 0.1) is 6.04 Å². The fourth-order valence-corrected chi connectivity index (χ4v) is 2.19. The van der Waals surface area contributed by atoms with Gasteiger partial charge in [-0.3, -0.25) is 0 Å². The SMILES string of the molecule is CC(Nc1ccc(OCCN(C)C)cc1)c1ccc(Br)o1. The summed E-state index contributed by atoms with van der Waals surface area (Å²) >= 11 is 3.32. The second-order valence-corrected chi connectivity index (χ2v) is 5.97. The highest BCUT2D eigenvalue weighted by molar-refractivity contribution is 9.10. The predicted octanol–water partition coefficient (Wildman–Crippen LogP) is 4.16. The third-order valence-corrected chi connectivity index (χ3v) is 3.49. The van der Waals surface area contributed by atoms with Crippen LogP contribution in [0.25, 0.3) is 0 Å². The fourth-order valence-electron chi connectivity index (χ4n) is 1.88. The Bertz CT molecular complexity index is 552. The molecule has 1 aromatic heterocycles. The maximum Gasteiger partial charge on any atom is 0.169 e. The third-order valence-electron chi connectivity index (χ3n) is 3.07. The van der Waals surface area contributed by atoms with E-state index < -0.39 is 0 Å². The van der Waals surface area contributed by atoms with Gasteiger partial charge in [0.2, 0.25) is 0 Å². The van der Waals surface area contributed by atoms with Gasteiger partial charge < -0.3 is 19.4 Å². The maximum atomic E-state index is 5.67. The lowest BCUT2D eigenvalue weighted by Gasteiger charge is -2.14. The van der Waals surface area contributed by atoms with Gasteiger partial charge in [-0.2, -0.15) is 0 Å². The largest absolute Gasteiger partial charge is 0.492 e. The number of likely N-dealkylation sites (N-methyl/N-ethyl adjacent to an activating group) is 1. The predicted molar refractivity (Wildman–Crippen MR) is 88.9 cm³/mol. The summed E-state index contributed by atoms with van der Waals surface area (Å²) in [6.07, 6.45) is 0. The minimum absolute atomic E-state index is 0.108. The number of nitrogens with zero attached hydrogens (tertiary/aromatic N) is 1. The van der Waals surface area contributed by atoms with E-state index in [4.69, 9.17) is 9.15 Å². The first-order chi connectivity index (χ1) is 10.0. The van der Waals surface area contributed by atoms with E-state index in [1.165, 1.54) is 0 Å². The van der Waals surface area contributed by atoms with Crippen molar-refractivity contribution < 1.29 is 9.15 Å². The molecule has 0 aliphatic carbocycles. The second-order valence-electron chi connectivity index (χ2n) is 5.18. The summed E-state index contributed by atoms with van der Waals surface area (Å²) in [6.45, 7) is 3.66. The lowest BCUT2D eigenvalue weighted by Crippen LogP contribution is -2.19. The Morgan fingerprint density at radius 1 is 1.19 bits per heavy atom. The number of rotatable bonds is 7. The van der Waals surface area contributed by atoms with Crippen LogP contribution in [0.1, 0.15) is 18.7 Å². The highest BCUT2D eigenvalue weighted by atomic mass is 79.9. The summed E-state index contributed by atoms with van der Waals surface area (Å²) in [5.74, 6) is 1.78. The molecule has 1 heterocycles. The van der Waals surface area contributed by atoms with Crippen LogP contribution in [0.4, 0.5) is 5.69 Å². The summed E-state index contributed by atoms with van der Waals surface area (Å²) < 4.78 is 12.0. The van der Waals surface area contributed by atoms with Gasteiger partial charge in [0.1, 0.15) is 18.1 Å². The topological polar surface area (TPSA) is 37.6 Å². The summed E-state index contributed by atoms with van der Waals surface area (Å²) in [6, 6.07) is 11.9. The van der Waals surface area contributed by atoms with Crippen LogP contribution in [-0.2, 0) is 0 Å². The Balaban J connectivity index is 1.87. The van der Waals surface area contributed by atoms with E-state index in [0.29, 0.717) is 6.61 Å². The summed E-state index contributed by atoms with van der Waals surface area (Å²) in [5, 5.41) is 3.39. The second kappa shape index (κ2) is 7.52. The van der Waals surface area contributed by atoms with Crippen molar-refractivity contribution in [2.45, 2.75) is 13.0 Å². The smallest absolute Gasteiger partial charge is 0.169 e.